The minimum Gasteiger partial charge on any atom is -0.478 e. The first-order valence-electron chi connectivity index (χ1n) is 5.76. The van der Waals surface area contributed by atoms with Gasteiger partial charge in [0.1, 0.15) is 11.8 Å². The Hall–Kier alpha value is -2.51. The van der Waals surface area contributed by atoms with Gasteiger partial charge in [0.25, 0.3) is 0 Å². The molecule has 0 aliphatic heterocycles. The Balaban J connectivity index is 2.28. The van der Waals surface area contributed by atoms with E-state index in [0.29, 0.717) is 16.9 Å². The lowest BCUT2D eigenvalue weighted by atomic mass is 10.1. The largest absolute Gasteiger partial charge is 0.478 e. The van der Waals surface area contributed by atoms with Crippen molar-refractivity contribution in [2.45, 2.75) is 6.10 Å². The molecule has 0 spiro atoms. The lowest BCUT2D eigenvalue weighted by Gasteiger charge is -2.15. The van der Waals surface area contributed by atoms with E-state index in [1.807, 2.05) is 6.07 Å². The van der Waals surface area contributed by atoms with E-state index < -0.39 is 12.1 Å². The van der Waals surface area contributed by atoms with Crippen LogP contribution in [0.3, 0.4) is 0 Å². The summed E-state index contributed by atoms with van der Waals surface area (Å²) in [5.41, 5.74) is 0.839. The molecule has 5 heteroatoms. The Labute approximate surface area is 120 Å². The van der Waals surface area contributed by atoms with E-state index in [0.717, 1.165) is 0 Å². The van der Waals surface area contributed by atoms with Gasteiger partial charge in [-0.3, -0.25) is 0 Å². The van der Waals surface area contributed by atoms with Crippen LogP contribution in [-0.4, -0.2) is 11.1 Å². The topological polar surface area (TPSA) is 70.3 Å². The van der Waals surface area contributed by atoms with Gasteiger partial charge in [-0.2, -0.15) is 5.26 Å². The Morgan fingerprint density at radius 3 is 2.50 bits per heavy atom. The number of hydrogen-bond donors (Lipinski definition) is 1. The first-order chi connectivity index (χ1) is 9.61. The standard InChI is InChI=1S/C15H10ClNO3/c16-13-8-12(7-6-11(13)9-17)20-14(15(18)19)10-4-2-1-3-5-10/h1-8,14H,(H,18,19). The van der Waals surface area contributed by atoms with Crippen molar-refractivity contribution < 1.29 is 14.6 Å². The molecule has 1 atom stereocenters. The van der Waals surface area contributed by atoms with Crippen LogP contribution in [0, 0.1) is 11.3 Å². The van der Waals surface area contributed by atoms with Crippen LogP contribution in [0.4, 0.5) is 0 Å². The first kappa shape index (κ1) is 13.9. The molecule has 2 aromatic carbocycles. The van der Waals surface area contributed by atoms with E-state index in [9.17, 15) is 9.90 Å². The maximum absolute atomic E-state index is 11.3. The van der Waals surface area contributed by atoms with Crippen LogP contribution >= 0.6 is 11.6 Å². The lowest BCUT2D eigenvalue weighted by molar-refractivity contribution is -0.145. The molecule has 0 aliphatic rings. The number of rotatable bonds is 4. The number of carbonyl (C=O) groups is 1. The number of nitrogens with zero attached hydrogens (tertiary/aromatic N) is 1. The zero-order valence-corrected chi connectivity index (χ0v) is 11.0. The number of carboxylic acids is 1. The summed E-state index contributed by atoms with van der Waals surface area (Å²) in [6, 6.07) is 15.0. The van der Waals surface area contributed by atoms with Gasteiger partial charge in [-0.05, 0) is 12.1 Å². The van der Waals surface area contributed by atoms with Gasteiger partial charge >= 0.3 is 5.97 Å². The van der Waals surface area contributed by atoms with Gasteiger partial charge in [-0.15, -0.1) is 0 Å². The van der Waals surface area contributed by atoms with E-state index >= 15 is 0 Å². The average Bonchev–Trinajstić information content (AvgIpc) is 2.45. The molecule has 0 radical (unpaired) electrons. The third-order valence-corrected chi connectivity index (χ3v) is 2.95. The van der Waals surface area contributed by atoms with Gasteiger partial charge < -0.3 is 9.84 Å². The second-order valence-corrected chi connectivity index (χ2v) is 4.41. The van der Waals surface area contributed by atoms with E-state index in [1.165, 1.54) is 18.2 Å². The number of ether oxygens (including phenoxy) is 1. The zero-order chi connectivity index (χ0) is 14.5. The molecule has 0 saturated heterocycles. The zero-order valence-electron chi connectivity index (χ0n) is 10.3. The van der Waals surface area contributed by atoms with Gasteiger partial charge in [0, 0.05) is 11.6 Å². The number of aliphatic carboxylic acids is 1. The third kappa shape index (κ3) is 3.08. The van der Waals surface area contributed by atoms with E-state index in [-0.39, 0.29) is 5.02 Å². The van der Waals surface area contributed by atoms with Gasteiger partial charge in [-0.25, -0.2) is 4.79 Å². The number of halogens is 1. The normalized spacial score (nSPS) is 11.4. The molecule has 0 heterocycles. The SMILES string of the molecule is N#Cc1ccc(OC(C(=O)O)c2ccccc2)cc1Cl. The molecule has 0 aromatic heterocycles. The highest BCUT2D eigenvalue weighted by molar-refractivity contribution is 6.31. The van der Waals surface area contributed by atoms with E-state index in [4.69, 9.17) is 21.6 Å². The van der Waals surface area contributed by atoms with Crippen molar-refractivity contribution in [1.29, 1.82) is 5.26 Å². The fourth-order valence-corrected chi connectivity index (χ4v) is 1.90. The van der Waals surface area contributed by atoms with Gasteiger partial charge in [0.05, 0.1) is 10.6 Å². The highest BCUT2D eigenvalue weighted by Gasteiger charge is 2.21. The van der Waals surface area contributed by atoms with Gasteiger partial charge in [0.15, 0.2) is 0 Å². The van der Waals surface area contributed by atoms with Crippen LogP contribution < -0.4 is 4.74 Å². The smallest absolute Gasteiger partial charge is 0.349 e. The summed E-state index contributed by atoms with van der Waals surface area (Å²) in [5.74, 6) is -0.804. The molecule has 2 aromatic rings. The van der Waals surface area contributed by atoms with Gasteiger partial charge in [-0.1, -0.05) is 41.9 Å². The van der Waals surface area contributed by atoms with Crippen LogP contribution in [0.15, 0.2) is 48.5 Å². The molecule has 0 saturated carbocycles. The van der Waals surface area contributed by atoms with Crippen LogP contribution in [-0.2, 0) is 4.79 Å². The molecular formula is C15H10ClNO3. The second-order valence-electron chi connectivity index (χ2n) is 4.00. The fourth-order valence-electron chi connectivity index (χ4n) is 1.68. The Bertz CT molecular complexity index is 665. The van der Waals surface area contributed by atoms with Crippen molar-refractivity contribution in [2.75, 3.05) is 0 Å². The average molecular weight is 288 g/mol. The van der Waals surface area contributed by atoms with Gasteiger partial charge in [0.2, 0.25) is 6.10 Å². The molecule has 1 N–H and O–H groups in total. The van der Waals surface area contributed by atoms with Crippen molar-refractivity contribution >= 4 is 17.6 Å². The highest BCUT2D eigenvalue weighted by atomic mass is 35.5. The maximum atomic E-state index is 11.3. The second kappa shape index (κ2) is 6.09. The molecule has 1 unspecified atom stereocenters. The first-order valence-corrected chi connectivity index (χ1v) is 6.13. The molecule has 0 bridgehead atoms. The molecule has 0 aliphatic carbocycles. The van der Waals surface area contributed by atoms with Crippen molar-refractivity contribution in [2.24, 2.45) is 0 Å². The molecule has 100 valence electrons. The molecule has 20 heavy (non-hydrogen) atoms. The summed E-state index contributed by atoms with van der Waals surface area (Å²) in [6.07, 6.45) is -1.12. The summed E-state index contributed by atoms with van der Waals surface area (Å²) < 4.78 is 5.45. The van der Waals surface area contributed by atoms with Crippen LogP contribution in [0.1, 0.15) is 17.2 Å². The van der Waals surface area contributed by atoms with E-state index in [1.54, 1.807) is 30.3 Å². The molecule has 4 nitrogen and oxygen atoms in total. The quantitative estimate of drug-likeness (QED) is 0.935. The maximum Gasteiger partial charge on any atom is 0.349 e. The number of benzene rings is 2. The summed E-state index contributed by atoms with van der Waals surface area (Å²) in [6.45, 7) is 0. The number of hydrogen-bond acceptors (Lipinski definition) is 3. The molecule has 2 rings (SSSR count). The minimum absolute atomic E-state index is 0.224. The summed E-state index contributed by atoms with van der Waals surface area (Å²) >= 11 is 5.89. The number of carboxylic acid groups (broad SMARTS) is 1. The van der Waals surface area contributed by atoms with Crippen molar-refractivity contribution in [3.05, 3.63) is 64.7 Å². The van der Waals surface area contributed by atoms with Crippen LogP contribution in [0.5, 0.6) is 5.75 Å². The Kier molecular flexibility index (Phi) is 4.24. The lowest BCUT2D eigenvalue weighted by Crippen LogP contribution is -2.18. The van der Waals surface area contributed by atoms with E-state index in [2.05, 4.69) is 0 Å². The predicted octanol–water partition coefficient (Wildman–Crippen LogP) is 3.42. The number of nitriles is 1. The predicted molar refractivity (Wildman–Crippen MR) is 73.6 cm³/mol. The Morgan fingerprint density at radius 1 is 1.25 bits per heavy atom. The minimum atomic E-state index is -1.12. The third-order valence-electron chi connectivity index (χ3n) is 2.64. The summed E-state index contributed by atoms with van der Waals surface area (Å²) in [5, 5.41) is 18.3. The van der Waals surface area contributed by atoms with Crippen LogP contribution in [0.25, 0.3) is 0 Å². The Morgan fingerprint density at radius 2 is 1.95 bits per heavy atom. The van der Waals surface area contributed by atoms with Crippen molar-refractivity contribution in [1.82, 2.24) is 0 Å². The van der Waals surface area contributed by atoms with Crippen molar-refractivity contribution in [3.8, 4) is 11.8 Å². The summed E-state index contributed by atoms with van der Waals surface area (Å²) in [7, 11) is 0. The highest BCUT2D eigenvalue weighted by Crippen LogP contribution is 2.26. The fraction of sp³-hybridized carbons (Fsp3) is 0.0667. The monoisotopic (exact) mass is 287 g/mol. The van der Waals surface area contributed by atoms with Crippen LogP contribution in [0.2, 0.25) is 5.02 Å². The van der Waals surface area contributed by atoms with Crippen molar-refractivity contribution in [3.63, 3.8) is 0 Å². The molecule has 0 fully saturated rings. The summed E-state index contributed by atoms with van der Waals surface area (Å²) in [4.78, 5) is 11.3. The molecular weight excluding hydrogens is 278 g/mol. The molecule has 0 amide bonds.